The first-order valence-corrected chi connectivity index (χ1v) is 12.1. The Morgan fingerprint density at radius 3 is 2.79 bits per heavy atom. The van der Waals surface area contributed by atoms with Crippen LogP contribution in [0.5, 0.6) is 0 Å². The number of aliphatic hydroxyl groups is 1. The minimum absolute atomic E-state index is 0.0787. The highest BCUT2D eigenvalue weighted by atomic mass is 16.3. The van der Waals surface area contributed by atoms with Crippen molar-refractivity contribution in [3.8, 4) is 0 Å². The highest BCUT2D eigenvalue weighted by Crippen LogP contribution is 2.50. The molecule has 176 valence electrons. The Hall–Kier alpha value is -2.74. The second-order valence-electron chi connectivity index (χ2n) is 10.2. The van der Waals surface area contributed by atoms with Gasteiger partial charge in [-0.3, -0.25) is 19.3 Å². The number of aromatic nitrogens is 3. The molecule has 2 aliphatic heterocycles. The quantitative estimate of drug-likeness (QED) is 0.754. The maximum Gasteiger partial charge on any atom is 0.231 e. The highest BCUT2D eigenvalue weighted by Gasteiger charge is 2.57. The van der Waals surface area contributed by atoms with Crippen LogP contribution in [-0.2, 0) is 16.1 Å². The number of nitrogens with zero attached hydrogens (tertiary/aromatic N) is 5. The van der Waals surface area contributed by atoms with Gasteiger partial charge < -0.3 is 14.9 Å². The monoisotopic (exact) mass is 451 g/mol. The van der Waals surface area contributed by atoms with Crippen LogP contribution < -0.4 is 0 Å². The Bertz CT molecular complexity index is 1020. The van der Waals surface area contributed by atoms with Crippen LogP contribution in [0, 0.1) is 11.3 Å². The lowest BCUT2D eigenvalue weighted by atomic mass is 9.70. The molecule has 2 aromatic rings. The molecule has 33 heavy (non-hydrogen) atoms. The van der Waals surface area contributed by atoms with Crippen molar-refractivity contribution in [1.29, 1.82) is 0 Å². The largest absolute Gasteiger partial charge is 0.393 e. The van der Waals surface area contributed by atoms with Gasteiger partial charge in [0.25, 0.3) is 0 Å². The second-order valence-corrected chi connectivity index (χ2v) is 10.2. The van der Waals surface area contributed by atoms with E-state index in [0.717, 1.165) is 24.1 Å². The number of hydrogen-bond donors (Lipinski definition) is 1. The Morgan fingerprint density at radius 2 is 2.09 bits per heavy atom. The number of rotatable bonds is 5. The molecule has 8 nitrogen and oxygen atoms in total. The molecular weight excluding hydrogens is 418 g/mol. The molecule has 4 heterocycles. The van der Waals surface area contributed by atoms with E-state index in [9.17, 15) is 14.7 Å². The van der Waals surface area contributed by atoms with Crippen molar-refractivity contribution in [3.63, 3.8) is 0 Å². The van der Waals surface area contributed by atoms with E-state index in [1.807, 2.05) is 38.9 Å². The van der Waals surface area contributed by atoms with Gasteiger partial charge in [-0.05, 0) is 57.2 Å². The third-order valence-corrected chi connectivity index (χ3v) is 7.72. The summed E-state index contributed by atoms with van der Waals surface area (Å²) in [4.78, 5) is 35.4. The van der Waals surface area contributed by atoms with Gasteiger partial charge >= 0.3 is 0 Å². The highest BCUT2D eigenvalue weighted by molar-refractivity contribution is 5.88. The van der Waals surface area contributed by atoms with Crippen LogP contribution in [0.25, 0.3) is 0 Å². The fourth-order valence-corrected chi connectivity index (χ4v) is 5.98. The summed E-state index contributed by atoms with van der Waals surface area (Å²) in [5.74, 6) is -0.0189. The molecule has 2 saturated heterocycles. The van der Waals surface area contributed by atoms with E-state index in [1.54, 1.807) is 12.4 Å². The number of hydrogen-bond acceptors (Lipinski definition) is 5. The van der Waals surface area contributed by atoms with Crippen LogP contribution in [-0.4, -0.2) is 67.2 Å². The molecule has 2 aromatic heterocycles. The first kappa shape index (κ1) is 22.1. The maximum atomic E-state index is 14.1. The maximum absolute atomic E-state index is 14.1. The average Bonchev–Trinajstić information content (AvgIpc) is 3.41. The number of amides is 2. The van der Waals surface area contributed by atoms with Crippen molar-refractivity contribution < 1.29 is 14.7 Å². The molecule has 5 rings (SSSR count). The summed E-state index contributed by atoms with van der Waals surface area (Å²) in [5, 5.41) is 14.3. The third kappa shape index (κ3) is 3.84. The van der Waals surface area contributed by atoms with Gasteiger partial charge in [0.05, 0.1) is 11.5 Å². The number of aliphatic hydroxyl groups excluding tert-OH is 1. The molecule has 1 aliphatic carbocycles. The molecule has 1 spiro atoms. The van der Waals surface area contributed by atoms with Gasteiger partial charge in [-0.25, -0.2) is 0 Å². The van der Waals surface area contributed by atoms with Crippen molar-refractivity contribution in [2.45, 2.75) is 64.1 Å². The van der Waals surface area contributed by atoms with Crippen LogP contribution in [0.15, 0.2) is 36.8 Å². The number of likely N-dealkylation sites (tertiary alicyclic amines) is 2. The summed E-state index contributed by atoms with van der Waals surface area (Å²) in [6.07, 6.45) is 7.70. The summed E-state index contributed by atoms with van der Waals surface area (Å²) >= 11 is 0. The van der Waals surface area contributed by atoms with Crippen molar-refractivity contribution in [1.82, 2.24) is 24.6 Å². The molecule has 3 fully saturated rings. The fraction of sp³-hybridized carbons (Fsp3) is 0.600. The summed E-state index contributed by atoms with van der Waals surface area (Å²) in [5.41, 5.74) is 1.40. The second kappa shape index (κ2) is 8.56. The minimum Gasteiger partial charge on any atom is -0.393 e. The van der Waals surface area contributed by atoms with Crippen LogP contribution in [0.3, 0.4) is 0 Å². The molecule has 2 amide bonds. The number of carbonyl (C=O) groups excluding carboxylic acids is 2. The SMILES string of the molecule is CC(C)n1nccc1[C@H]1CN(C(=O)C2CC(O)C2)C[C@]12CCCN(Cc1cccnc1)C2=O. The van der Waals surface area contributed by atoms with Crippen molar-refractivity contribution in [2.24, 2.45) is 11.3 Å². The zero-order chi connectivity index (χ0) is 23.2. The first-order valence-electron chi connectivity index (χ1n) is 12.1. The standard InChI is InChI=1S/C25H33N5O3/c1-17(2)30-22(6-9-27-30)21-15-29(23(32)19-11-20(31)12-19)16-25(21)7-4-10-28(24(25)33)14-18-5-3-8-26-13-18/h3,5-6,8-9,13,17,19-21,31H,4,7,10-12,14-16H2,1-2H3/t19?,20?,21-,25-/m1/s1. The van der Waals surface area contributed by atoms with E-state index in [2.05, 4.69) is 23.9 Å². The van der Waals surface area contributed by atoms with Crippen molar-refractivity contribution >= 4 is 11.8 Å². The molecule has 0 unspecified atom stereocenters. The fourth-order valence-electron chi connectivity index (χ4n) is 5.98. The van der Waals surface area contributed by atoms with E-state index < -0.39 is 5.41 Å². The minimum atomic E-state index is -0.648. The molecule has 1 N–H and O–H groups in total. The smallest absolute Gasteiger partial charge is 0.231 e. The van der Waals surface area contributed by atoms with Crippen LogP contribution in [0.1, 0.15) is 62.7 Å². The molecule has 0 aromatic carbocycles. The van der Waals surface area contributed by atoms with E-state index in [4.69, 9.17) is 0 Å². The zero-order valence-corrected chi connectivity index (χ0v) is 19.4. The first-order chi connectivity index (χ1) is 15.9. The van der Waals surface area contributed by atoms with E-state index in [-0.39, 0.29) is 35.8 Å². The Kier molecular flexibility index (Phi) is 5.72. The van der Waals surface area contributed by atoms with Gasteiger partial charge in [0.2, 0.25) is 11.8 Å². The number of pyridine rings is 1. The van der Waals surface area contributed by atoms with Crippen molar-refractivity contribution in [2.75, 3.05) is 19.6 Å². The summed E-state index contributed by atoms with van der Waals surface area (Å²) in [6, 6.07) is 6.08. The molecule has 0 bridgehead atoms. The number of piperidine rings is 1. The van der Waals surface area contributed by atoms with Crippen LogP contribution in [0.2, 0.25) is 0 Å². The summed E-state index contributed by atoms with van der Waals surface area (Å²) in [7, 11) is 0. The van der Waals surface area contributed by atoms with E-state index in [1.165, 1.54) is 0 Å². The van der Waals surface area contributed by atoms with Crippen LogP contribution >= 0.6 is 0 Å². The van der Waals surface area contributed by atoms with Gasteiger partial charge in [0, 0.05) is 68.3 Å². The predicted molar refractivity (Wildman–Crippen MR) is 122 cm³/mol. The summed E-state index contributed by atoms with van der Waals surface area (Å²) < 4.78 is 2.00. The molecule has 0 radical (unpaired) electrons. The molecular formula is C25H33N5O3. The Labute approximate surface area is 194 Å². The van der Waals surface area contributed by atoms with E-state index in [0.29, 0.717) is 39.0 Å². The van der Waals surface area contributed by atoms with E-state index >= 15 is 0 Å². The van der Waals surface area contributed by atoms with Gasteiger partial charge in [0.15, 0.2) is 0 Å². The van der Waals surface area contributed by atoms with Gasteiger partial charge in [-0.2, -0.15) is 5.10 Å². The van der Waals surface area contributed by atoms with Gasteiger partial charge in [0.1, 0.15) is 0 Å². The molecule has 3 aliphatic rings. The average molecular weight is 452 g/mol. The van der Waals surface area contributed by atoms with Gasteiger partial charge in [-0.15, -0.1) is 0 Å². The lowest BCUT2D eigenvalue weighted by Crippen LogP contribution is -2.52. The number of carbonyl (C=O) groups is 2. The molecule has 2 atom stereocenters. The van der Waals surface area contributed by atoms with Gasteiger partial charge in [-0.1, -0.05) is 6.07 Å². The topological polar surface area (TPSA) is 91.6 Å². The Morgan fingerprint density at radius 1 is 1.27 bits per heavy atom. The summed E-state index contributed by atoms with van der Waals surface area (Å²) in [6.45, 7) is 6.40. The van der Waals surface area contributed by atoms with Crippen LogP contribution in [0.4, 0.5) is 0 Å². The molecule has 1 saturated carbocycles. The Balaban J connectivity index is 1.48. The molecule has 8 heteroatoms. The lowest BCUT2D eigenvalue weighted by molar-refractivity contribution is -0.149. The zero-order valence-electron chi connectivity index (χ0n) is 19.4. The third-order valence-electron chi connectivity index (χ3n) is 7.72. The van der Waals surface area contributed by atoms with Crippen molar-refractivity contribution in [3.05, 3.63) is 48.0 Å². The lowest BCUT2D eigenvalue weighted by Gasteiger charge is -2.42. The normalized spacial score (nSPS) is 29.7. The predicted octanol–water partition coefficient (Wildman–Crippen LogP) is 2.36.